The lowest BCUT2D eigenvalue weighted by molar-refractivity contribution is -0.309. The molecule has 4 heterocycles. The number of alkyl halides is 1. The lowest BCUT2D eigenvalue weighted by atomic mass is 9.79. The SMILES string of the molecule is CC[Si](CC)(CC)OC1C(C)O[C@@H](OC[C@H]2/C=C(C)/C=C/C(=O)[C@H](C)C[C@@H]3CCOCCCCO[C@H](CC(=O)O[C@@H]2I)[C@H](C)[C@H]3OC2OC(C)[C@@H](OC(C)=O)C(N(C)C)C2OC(C)=O)C(OC)C1OC. The number of hydrogen-bond donors (Lipinski definition) is 0. The molecule has 0 N–H and O–H groups in total. The van der Waals surface area contributed by atoms with E-state index in [1.54, 1.807) is 33.3 Å². The van der Waals surface area contributed by atoms with Crippen molar-refractivity contribution in [3.05, 3.63) is 23.8 Å². The molecule has 70 heavy (non-hydrogen) atoms. The first-order chi connectivity index (χ1) is 33.2. The minimum atomic E-state index is -2.05. The second-order valence-electron chi connectivity index (χ2n) is 19.8. The molecule has 0 aromatic rings. The molecule has 17 atom stereocenters. The first-order valence-corrected chi connectivity index (χ1v) is 29.3. The van der Waals surface area contributed by atoms with Crippen LogP contribution in [0, 0.1) is 23.7 Å². The Morgan fingerprint density at radius 1 is 0.800 bits per heavy atom. The van der Waals surface area contributed by atoms with Crippen LogP contribution in [0.25, 0.3) is 0 Å². The third-order valence-electron chi connectivity index (χ3n) is 14.6. The van der Waals surface area contributed by atoms with E-state index in [1.165, 1.54) is 13.8 Å². The van der Waals surface area contributed by atoms with Crippen molar-refractivity contribution in [1.82, 2.24) is 4.90 Å². The number of halogens is 1. The van der Waals surface area contributed by atoms with E-state index >= 15 is 0 Å². The normalized spacial score (nSPS) is 38.1. The van der Waals surface area contributed by atoms with E-state index in [-0.39, 0.29) is 36.9 Å². The molecule has 3 saturated heterocycles. The maximum absolute atomic E-state index is 14.3. The van der Waals surface area contributed by atoms with Gasteiger partial charge in [0.2, 0.25) is 0 Å². The van der Waals surface area contributed by atoms with Crippen molar-refractivity contribution >= 4 is 54.6 Å². The van der Waals surface area contributed by atoms with Gasteiger partial charge in [-0.05, 0) is 113 Å². The van der Waals surface area contributed by atoms with Crippen molar-refractivity contribution in [1.29, 1.82) is 0 Å². The van der Waals surface area contributed by atoms with Gasteiger partial charge >= 0.3 is 17.9 Å². The van der Waals surface area contributed by atoms with Crippen LogP contribution in [0.3, 0.4) is 0 Å². The zero-order valence-corrected chi connectivity index (χ0v) is 47.5. The van der Waals surface area contributed by atoms with Gasteiger partial charge < -0.3 is 56.5 Å². The van der Waals surface area contributed by atoms with Gasteiger partial charge in [0.1, 0.15) is 18.3 Å². The molecular formula is C51H86INO16Si. The van der Waals surface area contributed by atoms with Crippen LogP contribution >= 0.6 is 22.6 Å². The Morgan fingerprint density at radius 2 is 1.41 bits per heavy atom. The van der Waals surface area contributed by atoms with Gasteiger partial charge in [0, 0.05) is 65.6 Å². The summed E-state index contributed by atoms with van der Waals surface area (Å²) in [7, 11) is 4.83. The van der Waals surface area contributed by atoms with E-state index in [2.05, 4.69) is 43.4 Å². The molecule has 19 heteroatoms. The molecule has 0 aromatic heterocycles. The molecule has 0 amide bonds. The van der Waals surface area contributed by atoms with Gasteiger partial charge in [0.05, 0.1) is 49.6 Å². The third-order valence-corrected chi connectivity index (χ3v) is 20.4. The minimum Gasteiger partial charge on any atom is -0.458 e. The number of ether oxygens (including phenoxy) is 11. The largest absolute Gasteiger partial charge is 0.458 e. The Balaban J connectivity index is 1.71. The molecule has 0 radical (unpaired) electrons. The van der Waals surface area contributed by atoms with Crippen LogP contribution in [0.5, 0.6) is 0 Å². The van der Waals surface area contributed by atoms with Crippen molar-refractivity contribution in [3.63, 3.8) is 0 Å². The maximum Gasteiger partial charge on any atom is 0.309 e. The Bertz CT molecular complexity index is 1710. The second kappa shape index (κ2) is 29.3. The predicted molar refractivity (Wildman–Crippen MR) is 272 cm³/mol. The number of methoxy groups -OCH3 is 2. The van der Waals surface area contributed by atoms with Gasteiger partial charge in [-0.2, -0.15) is 0 Å². The minimum absolute atomic E-state index is 0.0789. The summed E-state index contributed by atoms with van der Waals surface area (Å²) in [5.74, 6) is -3.38. The molecule has 402 valence electrons. The quantitative estimate of drug-likeness (QED) is 0.0521. The van der Waals surface area contributed by atoms with E-state index in [1.807, 2.05) is 52.8 Å². The van der Waals surface area contributed by atoms with Crippen LogP contribution in [-0.4, -0.2) is 169 Å². The van der Waals surface area contributed by atoms with Crippen LogP contribution in [0.4, 0.5) is 0 Å². The number of carbonyl (C=O) groups is 4. The number of cyclic esters (lactones) is 1. The average molecular weight is 1120 g/mol. The van der Waals surface area contributed by atoms with Gasteiger partial charge in [-0.3, -0.25) is 24.1 Å². The summed E-state index contributed by atoms with van der Waals surface area (Å²) in [6, 6.07) is 2.27. The predicted octanol–water partition coefficient (Wildman–Crippen LogP) is 7.35. The smallest absolute Gasteiger partial charge is 0.309 e. The number of hydrogen-bond acceptors (Lipinski definition) is 17. The molecule has 3 fully saturated rings. The summed E-state index contributed by atoms with van der Waals surface area (Å²) in [6.07, 6.45) is -0.0763. The lowest BCUT2D eigenvalue weighted by Gasteiger charge is -2.48. The van der Waals surface area contributed by atoms with Crippen LogP contribution in [0.2, 0.25) is 18.1 Å². The van der Waals surface area contributed by atoms with Gasteiger partial charge in [0.15, 0.2) is 36.9 Å². The van der Waals surface area contributed by atoms with Crippen molar-refractivity contribution < 1.29 is 75.7 Å². The van der Waals surface area contributed by atoms with Gasteiger partial charge in [-0.25, -0.2) is 0 Å². The van der Waals surface area contributed by atoms with E-state index < -0.39 is 109 Å². The zero-order chi connectivity index (χ0) is 51.9. The molecule has 0 aliphatic carbocycles. The fourth-order valence-electron chi connectivity index (χ4n) is 10.3. The van der Waals surface area contributed by atoms with Crippen LogP contribution in [-0.2, 0) is 75.7 Å². The van der Waals surface area contributed by atoms with Gasteiger partial charge in [0.25, 0.3) is 0 Å². The monoisotopic (exact) mass is 1120 g/mol. The molecule has 4 aliphatic heterocycles. The van der Waals surface area contributed by atoms with Gasteiger partial charge in [-0.15, -0.1) is 0 Å². The molecule has 0 aromatic carbocycles. The third kappa shape index (κ3) is 16.8. The number of carbonyl (C=O) groups excluding carboxylic acids is 4. The number of likely N-dealkylation sites (N-methyl/N-ethyl adjacent to an activating group) is 1. The molecule has 0 saturated carbocycles. The van der Waals surface area contributed by atoms with Crippen molar-refractivity contribution in [2.24, 2.45) is 23.7 Å². The molecule has 4 aliphatic rings. The number of rotatable bonds is 15. The first kappa shape index (κ1) is 60.7. The number of nitrogens with zero attached hydrogens (tertiary/aromatic N) is 1. The van der Waals surface area contributed by atoms with Crippen molar-refractivity contribution in [2.45, 2.75) is 197 Å². The molecule has 17 nitrogen and oxygen atoms in total. The zero-order valence-electron chi connectivity index (χ0n) is 44.4. The fourth-order valence-corrected chi connectivity index (χ4v) is 13.9. The highest BCUT2D eigenvalue weighted by molar-refractivity contribution is 14.1. The summed E-state index contributed by atoms with van der Waals surface area (Å²) >= 11 is 2.13. The van der Waals surface area contributed by atoms with E-state index in [0.717, 1.165) is 30.1 Å². The molecule has 4 rings (SSSR count). The van der Waals surface area contributed by atoms with E-state index in [9.17, 15) is 19.2 Å². The van der Waals surface area contributed by atoms with Crippen LogP contribution in [0.15, 0.2) is 23.8 Å². The maximum atomic E-state index is 14.3. The fraction of sp³-hybridized carbons (Fsp3) is 0.843. The highest BCUT2D eigenvalue weighted by Crippen LogP contribution is 2.38. The standard InChI is InChI=1S/C51H86INO16Si/c1-15-70(16-2,17-3)69-45-34(8)63-50(48(59-14)47(45)58-13)62-29-38-26-30(4)20-21-39(56)31(5)27-37-22-25-60-23-18-19-24-61-40(28-41(57)67-49(38)52)32(6)43(37)68-51-46(66-36(10)55)42(53(11)12)44(33(7)64-51)65-35(9)54/h20-21,26,31-34,37-38,40,42-51H,15-19,22-25,27-29H2,1-14H3/b21-20+,30-26+/t31-,32+,33?,34?,37+,38-,40-,42?,43-,44-,45?,46?,47?,48?,49+,50-,51?/m1/s1. The first-order valence-electron chi connectivity index (χ1n) is 25.5. The highest BCUT2D eigenvalue weighted by Gasteiger charge is 2.53. The lowest BCUT2D eigenvalue weighted by Crippen LogP contribution is -2.65. The number of fused-ring (bicyclic) bond motifs is 3. The second-order valence-corrected chi connectivity index (χ2v) is 25.8. The summed E-state index contributed by atoms with van der Waals surface area (Å²) < 4.78 is 75.8. The molecule has 2 bridgehead atoms. The molecular weight excluding hydrogens is 1040 g/mol. The Kier molecular flexibility index (Phi) is 25.4. The van der Waals surface area contributed by atoms with Crippen molar-refractivity contribution in [3.8, 4) is 0 Å². The summed E-state index contributed by atoms with van der Waals surface area (Å²) in [6.45, 7) is 20.1. The Hall–Kier alpha value is -1.89. The van der Waals surface area contributed by atoms with E-state index in [4.69, 9.17) is 56.5 Å². The highest BCUT2D eigenvalue weighted by atomic mass is 127. The van der Waals surface area contributed by atoms with Crippen LogP contribution < -0.4 is 0 Å². The topological polar surface area (TPSA) is 182 Å². The average Bonchev–Trinajstić information content (AvgIpc) is 3.30. The summed E-state index contributed by atoms with van der Waals surface area (Å²) in [4.78, 5) is 55.4. The number of allylic oxidation sites excluding steroid dienone is 3. The Morgan fingerprint density at radius 3 is 2.03 bits per heavy atom. The summed E-state index contributed by atoms with van der Waals surface area (Å²) in [5.41, 5.74) is 0.772. The Labute approximate surface area is 432 Å². The number of esters is 3. The van der Waals surface area contributed by atoms with Crippen molar-refractivity contribution in [2.75, 3.05) is 54.7 Å². The molecule has 0 spiro atoms. The van der Waals surface area contributed by atoms with E-state index in [0.29, 0.717) is 39.1 Å². The van der Waals surface area contributed by atoms with Gasteiger partial charge in [-0.1, -0.05) is 52.3 Å². The number of ketones is 1. The van der Waals surface area contributed by atoms with Crippen LogP contribution in [0.1, 0.15) is 101 Å². The molecule has 8 unspecified atom stereocenters. The summed E-state index contributed by atoms with van der Waals surface area (Å²) in [5, 5.41) is 0.